The van der Waals surface area contributed by atoms with Crippen molar-refractivity contribution >= 4 is 23.2 Å². The highest BCUT2D eigenvalue weighted by atomic mass is 19.1. The number of hydrogen-bond donors (Lipinski definition) is 2. The minimum atomic E-state index is -0.482. The Hall–Kier alpha value is -4.50. The molecule has 1 fully saturated rings. The number of aryl methyl sites for hydroxylation is 1. The second-order valence-electron chi connectivity index (χ2n) is 9.03. The van der Waals surface area contributed by atoms with Gasteiger partial charge in [-0.15, -0.1) is 0 Å². The van der Waals surface area contributed by atoms with E-state index in [1.165, 1.54) is 12.1 Å². The molecule has 1 saturated heterocycles. The fourth-order valence-corrected chi connectivity index (χ4v) is 4.26. The van der Waals surface area contributed by atoms with Crippen LogP contribution in [0.25, 0.3) is 11.3 Å². The first-order valence-electron chi connectivity index (χ1n) is 12.3. The van der Waals surface area contributed by atoms with Gasteiger partial charge in [-0.25, -0.2) is 4.39 Å². The summed E-state index contributed by atoms with van der Waals surface area (Å²) in [5, 5.41) is 9.71. The third-order valence-electron chi connectivity index (χ3n) is 6.32. The number of carbonyl (C=O) groups is 2. The lowest BCUT2D eigenvalue weighted by Gasteiger charge is -2.29. The number of amides is 2. The molecule has 38 heavy (non-hydrogen) atoms. The standard InChI is InChI=1S/C29H27FN4O4/c1-19-7-8-23(32-28(35)21-13-22(30)15-24(14-21)34-9-11-37-12-10-34)16-25(19)26-17-27(38-33-26)29(36)31-18-20-5-3-2-4-6-20/h2-8,13-17H,9-12,18H2,1H3,(H,31,36)(H,32,35). The lowest BCUT2D eigenvalue weighted by Crippen LogP contribution is -2.36. The quantitative estimate of drug-likeness (QED) is 0.368. The largest absolute Gasteiger partial charge is 0.378 e. The van der Waals surface area contributed by atoms with Gasteiger partial charge >= 0.3 is 0 Å². The molecule has 1 aliphatic rings. The van der Waals surface area contributed by atoms with Crippen molar-refractivity contribution in [2.45, 2.75) is 13.5 Å². The highest BCUT2D eigenvalue weighted by Crippen LogP contribution is 2.27. The maximum Gasteiger partial charge on any atom is 0.290 e. The fraction of sp³-hybridized carbons (Fsp3) is 0.207. The van der Waals surface area contributed by atoms with Gasteiger partial charge in [-0.3, -0.25) is 9.59 Å². The molecule has 194 valence electrons. The second-order valence-corrected chi connectivity index (χ2v) is 9.03. The molecule has 0 unspecified atom stereocenters. The number of halogens is 1. The van der Waals surface area contributed by atoms with Gasteiger partial charge in [-0.1, -0.05) is 41.6 Å². The van der Waals surface area contributed by atoms with E-state index in [0.717, 1.165) is 11.1 Å². The van der Waals surface area contributed by atoms with Gasteiger partial charge in [0.05, 0.1) is 13.2 Å². The van der Waals surface area contributed by atoms with E-state index in [1.54, 1.807) is 24.3 Å². The van der Waals surface area contributed by atoms with E-state index in [-0.39, 0.29) is 17.2 Å². The maximum absolute atomic E-state index is 14.3. The first-order chi connectivity index (χ1) is 18.5. The van der Waals surface area contributed by atoms with Crippen LogP contribution < -0.4 is 15.5 Å². The number of carbonyl (C=O) groups excluding carboxylic acids is 2. The number of anilines is 2. The predicted molar refractivity (Wildman–Crippen MR) is 142 cm³/mol. The summed E-state index contributed by atoms with van der Waals surface area (Å²) in [7, 11) is 0. The van der Waals surface area contributed by atoms with E-state index in [0.29, 0.717) is 55.5 Å². The van der Waals surface area contributed by atoms with Gasteiger partial charge in [-0.2, -0.15) is 0 Å². The molecule has 1 aromatic heterocycles. The van der Waals surface area contributed by atoms with E-state index in [4.69, 9.17) is 9.26 Å². The molecule has 1 aliphatic heterocycles. The van der Waals surface area contributed by atoms with Crippen molar-refractivity contribution in [2.24, 2.45) is 0 Å². The summed E-state index contributed by atoms with van der Waals surface area (Å²) in [5.41, 5.74) is 4.37. The highest BCUT2D eigenvalue weighted by molar-refractivity contribution is 6.05. The van der Waals surface area contributed by atoms with Gasteiger partial charge in [-0.05, 0) is 48.4 Å². The lowest BCUT2D eigenvalue weighted by atomic mass is 10.0. The molecule has 0 bridgehead atoms. The SMILES string of the molecule is Cc1ccc(NC(=O)c2cc(F)cc(N3CCOCC3)c2)cc1-c1cc(C(=O)NCc2ccccc2)on1. The number of ether oxygens (including phenoxy) is 1. The van der Waals surface area contributed by atoms with E-state index < -0.39 is 11.7 Å². The zero-order valence-electron chi connectivity index (χ0n) is 20.9. The Labute approximate surface area is 219 Å². The first kappa shape index (κ1) is 25.2. The van der Waals surface area contributed by atoms with Crippen LogP contribution in [0.1, 0.15) is 32.0 Å². The van der Waals surface area contributed by atoms with Crippen LogP contribution in [0.2, 0.25) is 0 Å². The van der Waals surface area contributed by atoms with Gasteiger partial charge in [0.1, 0.15) is 11.5 Å². The van der Waals surface area contributed by atoms with Crippen LogP contribution >= 0.6 is 0 Å². The minimum Gasteiger partial charge on any atom is -0.378 e. The second kappa shape index (κ2) is 11.3. The number of rotatable bonds is 7. The summed E-state index contributed by atoms with van der Waals surface area (Å²) in [6.45, 7) is 4.65. The van der Waals surface area contributed by atoms with Crippen molar-refractivity contribution in [1.29, 1.82) is 0 Å². The number of morpholine rings is 1. The number of nitrogens with zero attached hydrogens (tertiary/aromatic N) is 2. The third kappa shape index (κ3) is 5.90. The zero-order valence-corrected chi connectivity index (χ0v) is 20.9. The van der Waals surface area contributed by atoms with Gasteiger partial charge in [0.15, 0.2) is 0 Å². The van der Waals surface area contributed by atoms with Crippen molar-refractivity contribution in [3.63, 3.8) is 0 Å². The summed E-state index contributed by atoms with van der Waals surface area (Å²) in [6, 6.07) is 20.8. The van der Waals surface area contributed by atoms with Crippen LogP contribution in [-0.4, -0.2) is 43.3 Å². The number of aromatic nitrogens is 1. The van der Waals surface area contributed by atoms with E-state index in [1.807, 2.05) is 48.2 Å². The van der Waals surface area contributed by atoms with E-state index in [2.05, 4.69) is 15.8 Å². The van der Waals surface area contributed by atoms with Crippen molar-refractivity contribution in [3.05, 3.63) is 101 Å². The molecule has 3 aromatic carbocycles. The van der Waals surface area contributed by atoms with Crippen LogP contribution in [0.15, 0.2) is 77.3 Å². The third-order valence-corrected chi connectivity index (χ3v) is 6.32. The molecule has 8 nitrogen and oxygen atoms in total. The minimum absolute atomic E-state index is 0.0835. The summed E-state index contributed by atoms with van der Waals surface area (Å²) in [4.78, 5) is 27.5. The van der Waals surface area contributed by atoms with Crippen LogP contribution in [0.5, 0.6) is 0 Å². The normalized spacial score (nSPS) is 13.3. The molecule has 2 amide bonds. The monoisotopic (exact) mass is 514 g/mol. The van der Waals surface area contributed by atoms with Crippen molar-refractivity contribution in [3.8, 4) is 11.3 Å². The highest BCUT2D eigenvalue weighted by Gasteiger charge is 2.18. The smallest absolute Gasteiger partial charge is 0.290 e. The van der Waals surface area contributed by atoms with Gasteiger partial charge in [0.25, 0.3) is 11.8 Å². The average Bonchev–Trinajstić information content (AvgIpc) is 3.44. The molecule has 0 saturated carbocycles. The first-order valence-corrected chi connectivity index (χ1v) is 12.3. The van der Waals surface area contributed by atoms with Gasteiger partial charge in [0, 0.05) is 48.2 Å². The number of benzene rings is 3. The van der Waals surface area contributed by atoms with E-state index >= 15 is 0 Å². The zero-order chi connectivity index (χ0) is 26.5. The Morgan fingerprint density at radius 3 is 2.55 bits per heavy atom. The van der Waals surface area contributed by atoms with Crippen LogP contribution in [0.3, 0.4) is 0 Å². The van der Waals surface area contributed by atoms with Gasteiger partial charge in [0.2, 0.25) is 5.76 Å². The molecule has 0 spiro atoms. The van der Waals surface area contributed by atoms with Crippen LogP contribution in [0.4, 0.5) is 15.8 Å². The number of hydrogen-bond acceptors (Lipinski definition) is 6. The van der Waals surface area contributed by atoms with E-state index in [9.17, 15) is 14.0 Å². The topological polar surface area (TPSA) is 96.7 Å². The summed E-state index contributed by atoms with van der Waals surface area (Å²) in [5.74, 6) is -1.21. The van der Waals surface area contributed by atoms with Crippen molar-refractivity contribution < 1.29 is 23.2 Å². The molecule has 9 heteroatoms. The molecule has 4 aromatic rings. The molecule has 0 radical (unpaired) electrons. The Morgan fingerprint density at radius 2 is 1.76 bits per heavy atom. The van der Waals surface area contributed by atoms with Crippen LogP contribution in [-0.2, 0) is 11.3 Å². The molecule has 2 N–H and O–H groups in total. The lowest BCUT2D eigenvalue weighted by molar-refractivity contribution is 0.0913. The molecular formula is C29H27FN4O4. The predicted octanol–water partition coefficient (Wildman–Crippen LogP) is 4.81. The molecule has 2 heterocycles. The Kier molecular flexibility index (Phi) is 7.46. The van der Waals surface area contributed by atoms with Crippen LogP contribution in [0, 0.1) is 12.7 Å². The number of nitrogens with one attached hydrogen (secondary N) is 2. The molecular weight excluding hydrogens is 487 g/mol. The Morgan fingerprint density at radius 1 is 0.974 bits per heavy atom. The maximum atomic E-state index is 14.3. The Balaban J connectivity index is 1.29. The summed E-state index contributed by atoms with van der Waals surface area (Å²) in [6.07, 6.45) is 0. The van der Waals surface area contributed by atoms with Crippen molar-refractivity contribution in [2.75, 3.05) is 36.5 Å². The summed E-state index contributed by atoms with van der Waals surface area (Å²) < 4.78 is 25.0. The van der Waals surface area contributed by atoms with Crippen molar-refractivity contribution in [1.82, 2.24) is 10.5 Å². The summed E-state index contributed by atoms with van der Waals surface area (Å²) >= 11 is 0. The molecule has 0 aliphatic carbocycles. The average molecular weight is 515 g/mol. The molecule has 0 atom stereocenters. The fourth-order valence-electron chi connectivity index (χ4n) is 4.26. The Bertz CT molecular complexity index is 1450. The van der Waals surface area contributed by atoms with Gasteiger partial charge < -0.3 is 24.8 Å². The molecule has 5 rings (SSSR count).